The minimum Gasteiger partial charge on any atom is -0.473 e. The van der Waals surface area contributed by atoms with Crippen LogP contribution in [0.4, 0.5) is 0 Å². The summed E-state index contributed by atoms with van der Waals surface area (Å²) in [4.78, 5) is 0. The van der Waals surface area contributed by atoms with Crippen molar-refractivity contribution < 1.29 is 9.84 Å². The summed E-state index contributed by atoms with van der Waals surface area (Å²) < 4.78 is 12.9. The van der Waals surface area contributed by atoms with Crippen LogP contribution in [0.3, 0.4) is 0 Å². The number of nitrogens with zero attached hydrogens (tertiary/aromatic N) is 2. The van der Waals surface area contributed by atoms with Crippen LogP contribution >= 0.6 is 23.5 Å². The molecule has 2 N–H and O–H groups in total. The highest BCUT2D eigenvalue weighted by Crippen LogP contribution is 2.05. The molecule has 0 bridgehead atoms. The van der Waals surface area contributed by atoms with Crippen LogP contribution < -0.4 is 10.1 Å². The van der Waals surface area contributed by atoms with Gasteiger partial charge in [-0.3, -0.25) is 0 Å². The standard InChI is InChI=1S/C10H17N3O2S2/c1-2-4-16-5-3-11-6-9(14)8-15-10-7-12-17-13-10/h2,7,9,11,14H,1,3-6,8H2. The van der Waals surface area contributed by atoms with E-state index >= 15 is 0 Å². The number of ether oxygens (including phenoxy) is 1. The predicted molar refractivity (Wildman–Crippen MR) is 71.8 cm³/mol. The van der Waals surface area contributed by atoms with E-state index in [9.17, 15) is 5.11 Å². The van der Waals surface area contributed by atoms with E-state index in [1.807, 2.05) is 6.08 Å². The van der Waals surface area contributed by atoms with Gasteiger partial charge in [0.1, 0.15) is 18.9 Å². The van der Waals surface area contributed by atoms with Gasteiger partial charge in [-0.2, -0.15) is 16.1 Å². The Balaban J connectivity index is 1.94. The maximum atomic E-state index is 9.60. The summed E-state index contributed by atoms with van der Waals surface area (Å²) in [6, 6.07) is 0. The van der Waals surface area contributed by atoms with E-state index in [2.05, 4.69) is 20.6 Å². The van der Waals surface area contributed by atoms with Crippen molar-refractivity contribution in [2.24, 2.45) is 0 Å². The normalized spacial score (nSPS) is 12.3. The molecule has 0 spiro atoms. The highest BCUT2D eigenvalue weighted by atomic mass is 32.2. The van der Waals surface area contributed by atoms with Crippen LogP contribution in [-0.2, 0) is 0 Å². The van der Waals surface area contributed by atoms with E-state index in [1.54, 1.807) is 11.8 Å². The van der Waals surface area contributed by atoms with Gasteiger partial charge in [0, 0.05) is 24.6 Å². The van der Waals surface area contributed by atoms with Gasteiger partial charge in [0.15, 0.2) is 0 Å². The molecule has 0 aliphatic rings. The van der Waals surface area contributed by atoms with E-state index in [-0.39, 0.29) is 6.61 Å². The predicted octanol–water partition coefficient (Wildman–Crippen LogP) is 0.787. The van der Waals surface area contributed by atoms with Gasteiger partial charge in [0.25, 0.3) is 0 Å². The third-order valence-corrected chi connectivity index (χ3v) is 3.23. The highest BCUT2D eigenvalue weighted by molar-refractivity contribution is 7.99. The van der Waals surface area contributed by atoms with Gasteiger partial charge in [-0.1, -0.05) is 6.08 Å². The molecule has 0 saturated carbocycles. The molecule has 0 aliphatic carbocycles. The lowest BCUT2D eigenvalue weighted by Gasteiger charge is -2.11. The Morgan fingerprint density at radius 3 is 3.29 bits per heavy atom. The van der Waals surface area contributed by atoms with Crippen molar-refractivity contribution in [3.8, 4) is 5.88 Å². The lowest BCUT2D eigenvalue weighted by molar-refractivity contribution is 0.105. The van der Waals surface area contributed by atoms with E-state index in [0.717, 1.165) is 29.8 Å². The summed E-state index contributed by atoms with van der Waals surface area (Å²) in [5, 5.41) is 12.8. The summed E-state index contributed by atoms with van der Waals surface area (Å²) in [6.45, 7) is 5.27. The Bertz CT molecular complexity index is 296. The first-order valence-electron chi connectivity index (χ1n) is 5.30. The fraction of sp³-hybridized carbons (Fsp3) is 0.600. The van der Waals surface area contributed by atoms with Gasteiger partial charge >= 0.3 is 0 Å². The summed E-state index contributed by atoms with van der Waals surface area (Å²) in [5.74, 6) is 2.44. The molecule has 1 heterocycles. The summed E-state index contributed by atoms with van der Waals surface area (Å²) in [7, 11) is 0. The average Bonchev–Trinajstić information content (AvgIpc) is 2.84. The van der Waals surface area contributed by atoms with Crippen LogP contribution in [-0.4, -0.2) is 51.2 Å². The van der Waals surface area contributed by atoms with Crippen LogP contribution in [0.5, 0.6) is 5.88 Å². The lowest BCUT2D eigenvalue weighted by Crippen LogP contribution is -2.32. The fourth-order valence-electron chi connectivity index (χ4n) is 1.04. The Morgan fingerprint density at radius 1 is 1.71 bits per heavy atom. The molecule has 96 valence electrons. The van der Waals surface area contributed by atoms with E-state index in [1.165, 1.54) is 6.20 Å². The second-order valence-electron chi connectivity index (χ2n) is 3.28. The zero-order valence-corrected chi connectivity index (χ0v) is 11.2. The first-order valence-corrected chi connectivity index (χ1v) is 7.19. The fourth-order valence-corrected chi connectivity index (χ4v) is 2.03. The van der Waals surface area contributed by atoms with Crippen LogP contribution in [0.2, 0.25) is 0 Å². The second kappa shape index (κ2) is 9.41. The van der Waals surface area contributed by atoms with Crippen molar-refractivity contribution in [1.29, 1.82) is 0 Å². The number of hydrogen-bond acceptors (Lipinski definition) is 7. The second-order valence-corrected chi connectivity index (χ2v) is 4.98. The summed E-state index contributed by atoms with van der Waals surface area (Å²) in [5.41, 5.74) is 0. The summed E-state index contributed by atoms with van der Waals surface area (Å²) >= 11 is 2.89. The third-order valence-electron chi connectivity index (χ3n) is 1.80. The van der Waals surface area contributed by atoms with E-state index in [0.29, 0.717) is 12.4 Å². The monoisotopic (exact) mass is 275 g/mol. The van der Waals surface area contributed by atoms with Crippen molar-refractivity contribution in [2.75, 3.05) is 31.2 Å². The van der Waals surface area contributed by atoms with Crippen LogP contribution in [0.15, 0.2) is 18.9 Å². The Kier molecular flexibility index (Phi) is 7.98. The van der Waals surface area contributed by atoms with Gasteiger partial charge < -0.3 is 15.2 Å². The molecule has 1 rings (SSSR count). The number of aromatic nitrogens is 2. The Labute approximate surface area is 110 Å². The molecule has 0 aliphatic heterocycles. The highest BCUT2D eigenvalue weighted by Gasteiger charge is 2.05. The first-order chi connectivity index (χ1) is 8.33. The van der Waals surface area contributed by atoms with Crippen molar-refractivity contribution in [1.82, 2.24) is 14.1 Å². The maximum Gasteiger partial charge on any atom is 0.245 e. The minimum absolute atomic E-state index is 0.234. The van der Waals surface area contributed by atoms with Gasteiger partial charge in [0.2, 0.25) is 5.88 Å². The molecule has 0 amide bonds. The zero-order chi connectivity index (χ0) is 12.3. The average molecular weight is 275 g/mol. The number of hydrogen-bond donors (Lipinski definition) is 2. The van der Waals surface area contributed by atoms with Crippen molar-refractivity contribution >= 4 is 23.5 Å². The number of thioether (sulfide) groups is 1. The SMILES string of the molecule is C=CCSCCNCC(O)COc1cnsn1. The number of rotatable bonds is 10. The molecule has 0 aromatic carbocycles. The molecule has 1 atom stereocenters. The molecule has 5 nitrogen and oxygen atoms in total. The largest absolute Gasteiger partial charge is 0.473 e. The Morgan fingerprint density at radius 2 is 2.59 bits per heavy atom. The Hall–Kier alpha value is -0.630. The molecule has 1 unspecified atom stereocenters. The van der Waals surface area contributed by atoms with Gasteiger partial charge in [-0.25, -0.2) is 0 Å². The number of aliphatic hydroxyl groups is 1. The van der Waals surface area contributed by atoms with Crippen LogP contribution in [0.1, 0.15) is 0 Å². The van der Waals surface area contributed by atoms with Crippen LogP contribution in [0.25, 0.3) is 0 Å². The van der Waals surface area contributed by atoms with E-state index in [4.69, 9.17) is 4.74 Å². The summed E-state index contributed by atoms with van der Waals surface area (Å²) in [6.07, 6.45) is 2.90. The van der Waals surface area contributed by atoms with Gasteiger partial charge in [-0.05, 0) is 0 Å². The topological polar surface area (TPSA) is 67.3 Å². The number of aliphatic hydroxyl groups excluding tert-OH is 1. The number of nitrogens with one attached hydrogen (secondary N) is 1. The molecule has 7 heteroatoms. The van der Waals surface area contributed by atoms with Crippen LogP contribution in [0, 0.1) is 0 Å². The van der Waals surface area contributed by atoms with Crippen molar-refractivity contribution in [3.63, 3.8) is 0 Å². The lowest BCUT2D eigenvalue weighted by atomic mass is 10.4. The minimum atomic E-state index is -0.527. The van der Waals surface area contributed by atoms with Crippen molar-refractivity contribution in [3.05, 3.63) is 18.9 Å². The maximum absolute atomic E-state index is 9.60. The molecule has 0 fully saturated rings. The molecule has 1 aromatic heterocycles. The molecular formula is C10H17N3O2S2. The first kappa shape index (κ1) is 14.4. The van der Waals surface area contributed by atoms with Gasteiger partial charge in [-0.15, -0.1) is 11.0 Å². The van der Waals surface area contributed by atoms with Crippen molar-refractivity contribution in [2.45, 2.75) is 6.10 Å². The molecular weight excluding hydrogens is 258 g/mol. The molecule has 1 aromatic rings. The molecule has 0 saturated heterocycles. The molecule has 17 heavy (non-hydrogen) atoms. The third kappa shape index (κ3) is 7.32. The smallest absolute Gasteiger partial charge is 0.245 e. The van der Waals surface area contributed by atoms with Gasteiger partial charge in [0.05, 0.1) is 11.7 Å². The molecule has 0 radical (unpaired) electrons. The van der Waals surface area contributed by atoms with E-state index < -0.39 is 6.10 Å². The zero-order valence-electron chi connectivity index (χ0n) is 9.54. The quantitative estimate of drug-likeness (QED) is 0.486.